The minimum atomic E-state index is -0.240. The zero-order valence-electron chi connectivity index (χ0n) is 11.8. The van der Waals surface area contributed by atoms with Crippen molar-refractivity contribution in [3.63, 3.8) is 0 Å². The normalized spacial score (nSPS) is 12.2. The van der Waals surface area contributed by atoms with Gasteiger partial charge in [-0.25, -0.2) is 0 Å². The minimum Gasteiger partial charge on any atom is -0.497 e. The van der Waals surface area contributed by atoms with Crippen molar-refractivity contribution in [1.29, 1.82) is 0 Å². The number of fused-ring (bicyclic) bond motifs is 1. The fraction of sp³-hybridized carbons (Fsp3) is 0.312. The Balaban J connectivity index is 2.32. The largest absolute Gasteiger partial charge is 0.497 e. The molecule has 20 heavy (non-hydrogen) atoms. The molecule has 1 unspecified atom stereocenters. The van der Waals surface area contributed by atoms with Gasteiger partial charge in [0.25, 0.3) is 0 Å². The number of methoxy groups -OCH3 is 2. The van der Waals surface area contributed by atoms with Crippen LogP contribution in [-0.4, -0.2) is 26.7 Å². The maximum atomic E-state index is 11.4. The van der Waals surface area contributed by atoms with Crippen LogP contribution < -0.4 is 10.5 Å². The number of ether oxygens (including phenoxy) is 2. The summed E-state index contributed by atoms with van der Waals surface area (Å²) in [7, 11) is 3.04. The number of hydrogen-bond acceptors (Lipinski definition) is 4. The fourth-order valence-electron chi connectivity index (χ4n) is 2.24. The molecule has 2 aromatic carbocycles. The summed E-state index contributed by atoms with van der Waals surface area (Å²) < 4.78 is 9.92. The molecule has 1 atom stereocenters. The highest BCUT2D eigenvalue weighted by atomic mass is 16.5. The van der Waals surface area contributed by atoms with Crippen molar-refractivity contribution in [1.82, 2.24) is 0 Å². The molecule has 0 saturated heterocycles. The number of hydrogen-bond donors (Lipinski definition) is 1. The SMILES string of the molecule is COC(=O)CC(CN)c1ccc2cc(OC)ccc2c1. The first-order valence-corrected chi connectivity index (χ1v) is 6.52. The zero-order chi connectivity index (χ0) is 14.5. The van der Waals surface area contributed by atoms with Crippen LogP contribution in [0.2, 0.25) is 0 Å². The van der Waals surface area contributed by atoms with E-state index in [1.165, 1.54) is 7.11 Å². The van der Waals surface area contributed by atoms with Gasteiger partial charge < -0.3 is 15.2 Å². The summed E-state index contributed by atoms with van der Waals surface area (Å²) in [5.41, 5.74) is 6.82. The molecule has 0 aliphatic carbocycles. The van der Waals surface area contributed by atoms with E-state index in [1.54, 1.807) is 7.11 Å². The average molecular weight is 273 g/mol. The van der Waals surface area contributed by atoms with Crippen LogP contribution in [0.25, 0.3) is 10.8 Å². The molecule has 4 heteroatoms. The van der Waals surface area contributed by atoms with Gasteiger partial charge in [0.15, 0.2) is 0 Å². The van der Waals surface area contributed by atoms with Gasteiger partial charge in [-0.05, 0) is 35.0 Å². The standard InChI is InChI=1S/C16H19NO3/c1-19-15-6-5-11-7-12(3-4-13(11)8-15)14(10-17)9-16(18)20-2/h3-8,14H,9-10,17H2,1-2H3. The molecule has 0 fully saturated rings. The second kappa shape index (κ2) is 6.39. The Hall–Kier alpha value is -2.07. The minimum absolute atomic E-state index is 0.0195. The van der Waals surface area contributed by atoms with Crippen LogP contribution in [0.1, 0.15) is 17.9 Å². The molecule has 2 N–H and O–H groups in total. The van der Waals surface area contributed by atoms with Crippen LogP contribution >= 0.6 is 0 Å². The quantitative estimate of drug-likeness (QED) is 0.850. The van der Waals surface area contributed by atoms with Gasteiger partial charge >= 0.3 is 5.97 Å². The first-order valence-electron chi connectivity index (χ1n) is 6.52. The second-order valence-corrected chi connectivity index (χ2v) is 4.69. The van der Waals surface area contributed by atoms with Crippen molar-refractivity contribution >= 4 is 16.7 Å². The van der Waals surface area contributed by atoms with Crippen molar-refractivity contribution in [2.75, 3.05) is 20.8 Å². The first kappa shape index (κ1) is 14.3. The number of esters is 1. The molecule has 106 valence electrons. The molecule has 0 aromatic heterocycles. The lowest BCUT2D eigenvalue weighted by atomic mass is 9.93. The van der Waals surface area contributed by atoms with Crippen LogP contribution in [0.3, 0.4) is 0 Å². The smallest absolute Gasteiger partial charge is 0.306 e. The lowest BCUT2D eigenvalue weighted by molar-refractivity contribution is -0.141. The third kappa shape index (κ3) is 3.08. The first-order chi connectivity index (χ1) is 9.67. The zero-order valence-corrected chi connectivity index (χ0v) is 11.8. The van der Waals surface area contributed by atoms with E-state index >= 15 is 0 Å². The highest BCUT2D eigenvalue weighted by Gasteiger charge is 2.15. The average Bonchev–Trinajstić information content (AvgIpc) is 2.51. The third-order valence-electron chi connectivity index (χ3n) is 3.47. The number of carbonyl (C=O) groups is 1. The van der Waals surface area contributed by atoms with E-state index < -0.39 is 0 Å². The Bertz CT molecular complexity index is 610. The van der Waals surface area contributed by atoms with Gasteiger partial charge in [-0.2, -0.15) is 0 Å². The van der Waals surface area contributed by atoms with Crippen molar-refractivity contribution in [3.8, 4) is 5.75 Å². The molecule has 2 aromatic rings. The summed E-state index contributed by atoms with van der Waals surface area (Å²) in [6.07, 6.45) is 0.300. The van der Waals surface area contributed by atoms with Gasteiger partial charge in [-0.15, -0.1) is 0 Å². The number of benzene rings is 2. The summed E-state index contributed by atoms with van der Waals surface area (Å²) in [6, 6.07) is 12.0. The summed E-state index contributed by atoms with van der Waals surface area (Å²) in [5.74, 6) is 0.569. The highest BCUT2D eigenvalue weighted by Crippen LogP contribution is 2.26. The molecule has 4 nitrogen and oxygen atoms in total. The summed E-state index contributed by atoms with van der Waals surface area (Å²) in [4.78, 5) is 11.4. The van der Waals surface area contributed by atoms with Gasteiger partial charge in [0.05, 0.1) is 20.6 Å². The number of carbonyl (C=O) groups excluding carboxylic acids is 1. The molecule has 0 amide bonds. The van der Waals surface area contributed by atoms with Crippen LogP contribution in [0.4, 0.5) is 0 Å². The summed E-state index contributed by atoms with van der Waals surface area (Å²) in [6.45, 7) is 0.413. The van der Waals surface area contributed by atoms with E-state index in [9.17, 15) is 4.79 Å². The van der Waals surface area contributed by atoms with Gasteiger partial charge in [0.2, 0.25) is 0 Å². The van der Waals surface area contributed by atoms with Crippen LogP contribution in [0.15, 0.2) is 36.4 Å². The fourth-order valence-corrected chi connectivity index (χ4v) is 2.24. The highest BCUT2D eigenvalue weighted by molar-refractivity contribution is 5.84. The van der Waals surface area contributed by atoms with E-state index in [2.05, 4.69) is 6.07 Å². The molecule has 0 bridgehead atoms. The van der Waals surface area contributed by atoms with Crippen LogP contribution in [0.5, 0.6) is 5.75 Å². The topological polar surface area (TPSA) is 61.5 Å². The molecule has 0 saturated carbocycles. The molecule has 0 spiro atoms. The molecular formula is C16H19NO3. The maximum absolute atomic E-state index is 11.4. The van der Waals surface area contributed by atoms with Gasteiger partial charge in [-0.3, -0.25) is 4.79 Å². The lowest BCUT2D eigenvalue weighted by Gasteiger charge is -2.14. The molecule has 0 radical (unpaired) electrons. The third-order valence-corrected chi connectivity index (χ3v) is 3.47. The predicted molar refractivity (Wildman–Crippen MR) is 78.9 cm³/mol. The van der Waals surface area contributed by atoms with Crippen molar-refractivity contribution in [3.05, 3.63) is 42.0 Å². The van der Waals surface area contributed by atoms with E-state index in [1.807, 2.05) is 30.3 Å². The summed E-state index contributed by atoms with van der Waals surface area (Å²) >= 11 is 0. The van der Waals surface area contributed by atoms with E-state index in [4.69, 9.17) is 15.2 Å². The Morgan fingerprint density at radius 1 is 1.15 bits per heavy atom. The maximum Gasteiger partial charge on any atom is 0.306 e. The van der Waals surface area contributed by atoms with E-state index in [0.29, 0.717) is 13.0 Å². The molecule has 2 rings (SSSR count). The second-order valence-electron chi connectivity index (χ2n) is 4.69. The molecular weight excluding hydrogens is 254 g/mol. The van der Waals surface area contributed by atoms with Crippen LogP contribution in [-0.2, 0) is 9.53 Å². The molecule has 0 aliphatic rings. The van der Waals surface area contributed by atoms with E-state index in [0.717, 1.165) is 22.1 Å². The monoisotopic (exact) mass is 273 g/mol. The Morgan fingerprint density at radius 2 is 1.85 bits per heavy atom. The molecule has 0 aliphatic heterocycles. The van der Waals surface area contributed by atoms with Crippen molar-refractivity contribution in [2.24, 2.45) is 5.73 Å². The van der Waals surface area contributed by atoms with E-state index in [-0.39, 0.29) is 11.9 Å². The lowest BCUT2D eigenvalue weighted by Crippen LogP contribution is -2.17. The van der Waals surface area contributed by atoms with Gasteiger partial charge in [0, 0.05) is 5.92 Å². The number of rotatable bonds is 5. The van der Waals surface area contributed by atoms with Gasteiger partial charge in [0.1, 0.15) is 5.75 Å². The van der Waals surface area contributed by atoms with Gasteiger partial charge in [-0.1, -0.05) is 24.3 Å². The summed E-state index contributed by atoms with van der Waals surface area (Å²) in [5, 5.41) is 2.20. The van der Waals surface area contributed by atoms with Crippen LogP contribution in [0, 0.1) is 0 Å². The Kier molecular flexibility index (Phi) is 4.58. The van der Waals surface area contributed by atoms with Crippen molar-refractivity contribution in [2.45, 2.75) is 12.3 Å². The Labute approximate surface area is 118 Å². The Morgan fingerprint density at radius 3 is 2.50 bits per heavy atom. The predicted octanol–water partition coefficient (Wildman–Crippen LogP) is 2.45. The number of nitrogens with two attached hydrogens (primary N) is 1. The molecule has 0 heterocycles. The van der Waals surface area contributed by atoms with Crippen molar-refractivity contribution < 1.29 is 14.3 Å².